The van der Waals surface area contributed by atoms with Crippen LogP contribution >= 0.6 is 0 Å². The molecule has 3 heterocycles. The van der Waals surface area contributed by atoms with Crippen molar-refractivity contribution in [2.75, 3.05) is 20.3 Å². The number of aromatic nitrogens is 4. The fourth-order valence-electron chi connectivity index (χ4n) is 3.56. The molecule has 1 amide bonds. The summed E-state index contributed by atoms with van der Waals surface area (Å²) in [5.41, 5.74) is 4.64. The number of rotatable bonds is 7. The molecule has 0 saturated heterocycles. The molecule has 154 valence electrons. The number of carbonyl (C=O) groups excluding carboxylic acids is 1. The van der Waals surface area contributed by atoms with Crippen LogP contribution in [0.2, 0.25) is 0 Å². The Kier molecular flexibility index (Phi) is 5.63. The molecule has 3 aromatic heterocycles. The number of benzene rings is 1. The molecular formula is C23H25N5O2. The molecule has 7 nitrogen and oxygen atoms in total. The Morgan fingerprint density at radius 3 is 2.57 bits per heavy atom. The molecule has 0 radical (unpaired) electrons. The van der Waals surface area contributed by atoms with E-state index in [4.69, 9.17) is 14.8 Å². The molecule has 4 rings (SSSR count). The van der Waals surface area contributed by atoms with E-state index in [1.54, 1.807) is 7.11 Å². The summed E-state index contributed by atoms with van der Waals surface area (Å²) >= 11 is 0. The zero-order chi connectivity index (χ0) is 21.1. The van der Waals surface area contributed by atoms with Gasteiger partial charge in [0.05, 0.1) is 18.5 Å². The lowest BCUT2D eigenvalue weighted by molar-refractivity contribution is 0.0937. The van der Waals surface area contributed by atoms with Gasteiger partial charge in [0, 0.05) is 37.3 Å². The Labute approximate surface area is 175 Å². The lowest BCUT2D eigenvalue weighted by Gasteiger charge is -2.07. The van der Waals surface area contributed by atoms with Gasteiger partial charge in [-0.3, -0.25) is 4.79 Å². The average Bonchev–Trinajstić information content (AvgIpc) is 3.37. The Morgan fingerprint density at radius 2 is 1.87 bits per heavy atom. The van der Waals surface area contributed by atoms with E-state index < -0.39 is 0 Å². The SMILES string of the molecule is COCCNC(=O)c1ccc(Cn2nc(-n3cccc3)c3c(C)cc(C)nc32)cc1. The maximum absolute atomic E-state index is 12.2. The van der Waals surface area contributed by atoms with Gasteiger partial charge in [0.1, 0.15) is 0 Å². The zero-order valence-corrected chi connectivity index (χ0v) is 17.4. The van der Waals surface area contributed by atoms with Crippen LogP contribution in [0.3, 0.4) is 0 Å². The first kappa shape index (κ1) is 19.8. The zero-order valence-electron chi connectivity index (χ0n) is 17.4. The number of nitrogens with one attached hydrogen (secondary N) is 1. The van der Waals surface area contributed by atoms with Crippen LogP contribution in [0, 0.1) is 13.8 Å². The number of fused-ring (bicyclic) bond motifs is 1. The van der Waals surface area contributed by atoms with Gasteiger partial charge in [-0.05, 0) is 55.3 Å². The second-order valence-electron chi connectivity index (χ2n) is 7.30. The third kappa shape index (κ3) is 3.97. The van der Waals surface area contributed by atoms with Gasteiger partial charge in [-0.15, -0.1) is 0 Å². The molecule has 0 atom stereocenters. The second-order valence-corrected chi connectivity index (χ2v) is 7.30. The number of pyridine rings is 1. The third-order valence-electron chi connectivity index (χ3n) is 5.00. The number of methoxy groups -OCH3 is 1. The first-order chi connectivity index (χ1) is 14.6. The highest BCUT2D eigenvalue weighted by molar-refractivity contribution is 5.94. The number of hydrogen-bond donors (Lipinski definition) is 1. The number of hydrogen-bond acceptors (Lipinski definition) is 4. The lowest BCUT2D eigenvalue weighted by Crippen LogP contribution is -2.26. The summed E-state index contributed by atoms with van der Waals surface area (Å²) in [7, 11) is 1.61. The molecule has 0 fully saturated rings. The number of carbonyl (C=O) groups is 1. The summed E-state index contributed by atoms with van der Waals surface area (Å²) in [5.74, 6) is 0.764. The molecule has 1 N–H and O–H groups in total. The highest BCUT2D eigenvalue weighted by Crippen LogP contribution is 2.25. The van der Waals surface area contributed by atoms with Crippen molar-refractivity contribution in [3.05, 3.63) is 77.2 Å². The Morgan fingerprint density at radius 1 is 1.13 bits per heavy atom. The molecule has 7 heteroatoms. The number of amides is 1. The van der Waals surface area contributed by atoms with Crippen LogP contribution in [0.1, 0.15) is 27.2 Å². The number of ether oxygens (including phenoxy) is 1. The van der Waals surface area contributed by atoms with Gasteiger partial charge in [-0.2, -0.15) is 5.10 Å². The molecule has 0 aliphatic carbocycles. The van der Waals surface area contributed by atoms with E-state index in [2.05, 4.69) is 18.3 Å². The predicted octanol–water partition coefficient (Wildman–Crippen LogP) is 3.26. The molecule has 0 saturated carbocycles. The normalized spacial score (nSPS) is 11.2. The van der Waals surface area contributed by atoms with Gasteiger partial charge in [-0.1, -0.05) is 12.1 Å². The van der Waals surface area contributed by atoms with Crippen molar-refractivity contribution in [2.24, 2.45) is 0 Å². The minimum atomic E-state index is -0.106. The number of nitrogens with zero attached hydrogens (tertiary/aromatic N) is 4. The first-order valence-corrected chi connectivity index (χ1v) is 9.91. The minimum Gasteiger partial charge on any atom is -0.383 e. The van der Waals surface area contributed by atoms with Gasteiger partial charge in [0.15, 0.2) is 11.5 Å². The van der Waals surface area contributed by atoms with E-state index in [0.29, 0.717) is 25.3 Å². The number of aryl methyl sites for hydroxylation is 2. The molecule has 0 bridgehead atoms. The van der Waals surface area contributed by atoms with Crippen LogP contribution in [-0.4, -0.2) is 45.5 Å². The largest absolute Gasteiger partial charge is 0.383 e. The standard InChI is InChI=1S/C23H25N5O2/c1-16-14-17(2)25-21-20(16)22(27-11-4-5-12-27)26-28(21)15-18-6-8-19(9-7-18)23(29)24-10-13-30-3/h4-9,11-12,14H,10,13,15H2,1-3H3,(H,24,29). The predicted molar refractivity (Wildman–Crippen MR) is 116 cm³/mol. The van der Waals surface area contributed by atoms with E-state index in [-0.39, 0.29) is 5.91 Å². The summed E-state index contributed by atoms with van der Waals surface area (Å²) < 4.78 is 8.90. The van der Waals surface area contributed by atoms with Crippen LogP contribution in [0.25, 0.3) is 16.9 Å². The first-order valence-electron chi connectivity index (χ1n) is 9.91. The van der Waals surface area contributed by atoms with E-state index >= 15 is 0 Å². The van der Waals surface area contributed by atoms with Crippen molar-refractivity contribution in [3.8, 4) is 5.82 Å². The van der Waals surface area contributed by atoms with Gasteiger partial charge in [-0.25, -0.2) is 9.67 Å². The maximum Gasteiger partial charge on any atom is 0.251 e. The maximum atomic E-state index is 12.2. The van der Waals surface area contributed by atoms with Crippen molar-refractivity contribution < 1.29 is 9.53 Å². The van der Waals surface area contributed by atoms with E-state index in [1.807, 2.05) is 65.0 Å². The average molecular weight is 403 g/mol. The van der Waals surface area contributed by atoms with E-state index in [1.165, 1.54) is 0 Å². The smallest absolute Gasteiger partial charge is 0.251 e. The summed E-state index contributed by atoms with van der Waals surface area (Å²) in [4.78, 5) is 16.9. The van der Waals surface area contributed by atoms with Crippen LogP contribution < -0.4 is 5.32 Å². The summed E-state index contributed by atoms with van der Waals surface area (Å²) in [6, 6.07) is 13.6. The third-order valence-corrected chi connectivity index (χ3v) is 5.00. The van der Waals surface area contributed by atoms with Crippen LogP contribution in [0.4, 0.5) is 0 Å². The summed E-state index contributed by atoms with van der Waals surface area (Å²) in [6.45, 7) is 5.64. The molecular weight excluding hydrogens is 378 g/mol. The fraction of sp³-hybridized carbons (Fsp3) is 0.261. The second kappa shape index (κ2) is 8.51. The highest BCUT2D eigenvalue weighted by Gasteiger charge is 2.16. The Bertz CT molecular complexity index is 1160. The Hall–Kier alpha value is -3.45. The fourth-order valence-corrected chi connectivity index (χ4v) is 3.56. The van der Waals surface area contributed by atoms with E-state index in [9.17, 15) is 4.79 Å². The van der Waals surface area contributed by atoms with E-state index in [0.717, 1.165) is 33.7 Å². The van der Waals surface area contributed by atoms with Crippen molar-refractivity contribution in [2.45, 2.75) is 20.4 Å². The minimum absolute atomic E-state index is 0.106. The summed E-state index contributed by atoms with van der Waals surface area (Å²) in [6.07, 6.45) is 3.98. The van der Waals surface area contributed by atoms with Gasteiger partial charge >= 0.3 is 0 Å². The highest BCUT2D eigenvalue weighted by atomic mass is 16.5. The monoisotopic (exact) mass is 403 g/mol. The van der Waals surface area contributed by atoms with Crippen molar-refractivity contribution in [1.82, 2.24) is 24.6 Å². The molecule has 0 aliphatic heterocycles. The molecule has 1 aromatic carbocycles. The van der Waals surface area contributed by atoms with Gasteiger partial charge < -0.3 is 14.6 Å². The van der Waals surface area contributed by atoms with Crippen molar-refractivity contribution >= 4 is 16.9 Å². The van der Waals surface area contributed by atoms with Crippen molar-refractivity contribution in [1.29, 1.82) is 0 Å². The molecule has 0 unspecified atom stereocenters. The molecule has 30 heavy (non-hydrogen) atoms. The summed E-state index contributed by atoms with van der Waals surface area (Å²) in [5, 5.41) is 8.74. The van der Waals surface area contributed by atoms with Gasteiger partial charge in [0.25, 0.3) is 5.91 Å². The molecule has 4 aromatic rings. The molecule has 0 aliphatic rings. The topological polar surface area (TPSA) is 74.0 Å². The van der Waals surface area contributed by atoms with Crippen LogP contribution in [0.15, 0.2) is 54.9 Å². The van der Waals surface area contributed by atoms with Crippen LogP contribution in [-0.2, 0) is 11.3 Å². The van der Waals surface area contributed by atoms with Crippen molar-refractivity contribution in [3.63, 3.8) is 0 Å². The Balaban J connectivity index is 1.63. The molecule has 0 spiro atoms. The van der Waals surface area contributed by atoms with Gasteiger partial charge in [0.2, 0.25) is 0 Å². The van der Waals surface area contributed by atoms with Crippen LogP contribution in [0.5, 0.6) is 0 Å². The quantitative estimate of drug-likeness (QED) is 0.481. The lowest BCUT2D eigenvalue weighted by atomic mass is 10.1.